The number of hydrogen-bond acceptors (Lipinski definition) is 2. The summed E-state index contributed by atoms with van der Waals surface area (Å²) in [6.45, 7) is 2.76. The van der Waals surface area contributed by atoms with Crippen molar-refractivity contribution in [3.8, 4) is 0 Å². The Morgan fingerprint density at radius 3 is 2.79 bits per heavy atom. The van der Waals surface area contributed by atoms with Crippen molar-refractivity contribution in [3.63, 3.8) is 0 Å². The molecule has 0 aromatic carbocycles. The predicted molar refractivity (Wildman–Crippen MR) is 57.2 cm³/mol. The Morgan fingerprint density at radius 1 is 1.50 bits per heavy atom. The van der Waals surface area contributed by atoms with Crippen LogP contribution in [0, 0.1) is 12.8 Å². The van der Waals surface area contributed by atoms with Gasteiger partial charge in [0.25, 0.3) is 5.56 Å². The van der Waals surface area contributed by atoms with E-state index >= 15 is 0 Å². The highest BCUT2D eigenvalue weighted by molar-refractivity contribution is 5.41. The standard InChI is InChI=1S/C11H16N2O/c1-8-10(12)5-6-11(14)13(8)7-9-3-2-4-9/h5-6,9H,2-4,7,12H2,1H3. The van der Waals surface area contributed by atoms with Gasteiger partial charge in [0, 0.05) is 18.3 Å². The zero-order valence-electron chi connectivity index (χ0n) is 8.49. The van der Waals surface area contributed by atoms with Crippen molar-refractivity contribution in [2.75, 3.05) is 5.73 Å². The highest BCUT2D eigenvalue weighted by Gasteiger charge is 2.19. The van der Waals surface area contributed by atoms with Crippen molar-refractivity contribution in [1.29, 1.82) is 0 Å². The molecule has 76 valence electrons. The van der Waals surface area contributed by atoms with Crippen LogP contribution in [0.15, 0.2) is 16.9 Å². The second-order valence-electron chi connectivity index (χ2n) is 4.12. The van der Waals surface area contributed by atoms with E-state index in [0.29, 0.717) is 11.6 Å². The van der Waals surface area contributed by atoms with Crippen LogP contribution in [0.2, 0.25) is 0 Å². The van der Waals surface area contributed by atoms with Crippen molar-refractivity contribution < 1.29 is 0 Å². The highest BCUT2D eigenvalue weighted by atomic mass is 16.1. The fraction of sp³-hybridized carbons (Fsp3) is 0.545. The third-order valence-corrected chi connectivity index (χ3v) is 3.16. The summed E-state index contributed by atoms with van der Waals surface area (Å²) in [6.07, 6.45) is 3.81. The molecule has 14 heavy (non-hydrogen) atoms. The number of rotatable bonds is 2. The summed E-state index contributed by atoms with van der Waals surface area (Å²) in [6, 6.07) is 3.25. The maximum atomic E-state index is 11.6. The summed E-state index contributed by atoms with van der Waals surface area (Å²) < 4.78 is 1.80. The number of aromatic nitrogens is 1. The van der Waals surface area contributed by atoms with Crippen molar-refractivity contribution in [2.24, 2.45) is 5.92 Å². The van der Waals surface area contributed by atoms with E-state index in [9.17, 15) is 4.79 Å². The first-order chi connectivity index (χ1) is 6.68. The van der Waals surface area contributed by atoms with Gasteiger partial charge in [0.05, 0.1) is 5.69 Å². The fourth-order valence-electron chi connectivity index (χ4n) is 1.85. The largest absolute Gasteiger partial charge is 0.397 e. The molecular weight excluding hydrogens is 176 g/mol. The summed E-state index contributed by atoms with van der Waals surface area (Å²) in [5, 5.41) is 0. The zero-order chi connectivity index (χ0) is 10.1. The van der Waals surface area contributed by atoms with E-state index < -0.39 is 0 Å². The van der Waals surface area contributed by atoms with E-state index in [1.807, 2.05) is 6.92 Å². The molecule has 0 unspecified atom stereocenters. The minimum absolute atomic E-state index is 0.0728. The van der Waals surface area contributed by atoms with Gasteiger partial charge in [-0.25, -0.2) is 0 Å². The lowest BCUT2D eigenvalue weighted by Crippen LogP contribution is -2.28. The highest BCUT2D eigenvalue weighted by Crippen LogP contribution is 2.27. The number of nitrogens with zero attached hydrogens (tertiary/aromatic N) is 1. The van der Waals surface area contributed by atoms with Crippen LogP contribution in [0.1, 0.15) is 25.0 Å². The van der Waals surface area contributed by atoms with Gasteiger partial charge in [-0.2, -0.15) is 0 Å². The van der Waals surface area contributed by atoms with E-state index in [4.69, 9.17) is 5.73 Å². The monoisotopic (exact) mass is 192 g/mol. The maximum absolute atomic E-state index is 11.6. The van der Waals surface area contributed by atoms with Gasteiger partial charge in [-0.05, 0) is 31.7 Å². The molecule has 3 heteroatoms. The second-order valence-corrected chi connectivity index (χ2v) is 4.12. The summed E-state index contributed by atoms with van der Waals surface area (Å²) in [7, 11) is 0. The van der Waals surface area contributed by atoms with E-state index in [-0.39, 0.29) is 5.56 Å². The van der Waals surface area contributed by atoms with Crippen LogP contribution >= 0.6 is 0 Å². The van der Waals surface area contributed by atoms with Crippen LogP contribution in [0.4, 0.5) is 5.69 Å². The van der Waals surface area contributed by atoms with E-state index in [2.05, 4.69) is 0 Å². The van der Waals surface area contributed by atoms with Gasteiger partial charge in [0.2, 0.25) is 0 Å². The topological polar surface area (TPSA) is 48.0 Å². The number of pyridine rings is 1. The van der Waals surface area contributed by atoms with Gasteiger partial charge in [-0.1, -0.05) is 6.42 Å². The Labute approximate surface area is 83.5 Å². The molecule has 1 aliphatic carbocycles. The van der Waals surface area contributed by atoms with Gasteiger partial charge in [0.15, 0.2) is 0 Å². The molecular formula is C11H16N2O. The molecule has 1 saturated carbocycles. The average Bonchev–Trinajstić information content (AvgIpc) is 2.09. The molecule has 2 N–H and O–H groups in total. The molecule has 1 aromatic heterocycles. The molecule has 0 spiro atoms. The molecule has 0 atom stereocenters. The minimum atomic E-state index is 0.0728. The molecule has 1 heterocycles. The molecule has 0 radical (unpaired) electrons. The normalized spacial score (nSPS) is 16.6. The molecule has 0 saturated heterocycles. The number of hydrogen-bond donors (Lipinski definition) is 1. The molecule has 0 bridgehead atoms. The lowest BCUT2D eigenvalue weighted by Gasteiger charge is -2.27. The molecule has 1 fully saturated rings. The Hall–Kier alpha value is -1.25. The third kappa shape index (κ3) is 1.54. The lowest BCUT2D eigenvalue weighted by molar-refractivity contribution is 0.272. The number of anilines is 1. The summed E-state index contributed by atoms with van der Waals surface area (Å²) in [4.78, 5) is 11.6. The Bertz CT molecular complexity index is 391. The van der Waals surface area contributed by atoms with E-state index in [1.54, 1.807) is 16.7 Å². The van der Waals surface area contributed by atoms with Gasteiger partial charge < -0.3 is 10.3 Å². The van der Waals surface area contributed by atoms with E-state index in [0.717, 1.165) is 12.2 Å². The lowest BCUT2D eigenvalue weighted by atomic mass is 9.85. The van der Waals surface area contributed by atoms with Crippen LogP contribution in [0.25, 0.3) is 0 Å². The molecule has 0 aliphatic heterocycles. The van der Waals surface area contributed by atoms with Crippen molar-refractivity contribution in [2.45, 2.75) is 32.7 Å². The quantitative estimate of drug-likeness (QED) is 0.772. The SMILES string of the molecule is Cc1c(N)ccc(=O)n1CC1CCC1. The molecule has 3 nitrogen and oxygen atoms in total. The zero-order valence-corrected chi connectivity index (χ0v) is 8.49. The molecule has 1 aromatic rings. The van der Waals surface area contributed by atoms with Gasteiger partial charge in [0.1, 0.15) is 0 Å². The van der Waals surface area contributed by atoms with Crippen LogP contribution in [-0.2, 0) is 6.54 Å². The number of nitrogens with two attached hydrogens (primary N) is 1. The van der Waals surface area contributed by atoms with Crippen LogP contribution in [-0.4, -0.2) is 4.57 Å². The van der Waals surface area contributed by atoms with Crippen LogP contribution < -0.4 is 11.3 Å². The van der Waals surface area contributed by atoms with Gasteiger partial charge in [-0.3, -0.25) is 4.79 Å². The molecule has 0 amide bonds. The van der Waals surface area contributed by atoms with Crippen molar-refractivity contribution in [1.82, 2.24) is 4.57 Å². The van der Waals surface area contributed by atoms with E-state index in [1.165, 1.54) is 19.3 Å². The first kappa shape index (κ1) is 9.31. The third-order valence-electron chi connectivity index (χ3n) is 3.16. The molecule has 1 aliphatic rings. The minimum Gasteiger partial charge on any atom is -0.397 e. The second kappa shape index (κ2) is 3.48. The van der Waals surface area contributed by atoms with Gasteiger partial charge >= 0.3 is 0 Å². The Balaban J connectivity index is 2.30. The fourth-order valence-corrected chi connectivity index (χ4v) is 1.85. The first-order valence-electron chi connectivity index (χ1n) is 5.14. The van der Waals surface area contributed by atoms with Crippen LogP contribution in [0.5, 0.6) is 0 Å². The average molecular weight is 192 g/mol. The van der Waals surface area contributed by atoms with Crippen molar-refractivity contribution in [3.05, 3.63) is 28.2 Å². The smallest absolute Gasteiger partial charge is 0.250 e. The summed E-state index contributed by atoms with van der Waals surface area (Å²) >= 11 is 0. The number of nitrogen functional groups attached to an aromatic ring is 1. The Kier molecular flexibility index (Phi) is 2.32. The summed E-state index contributed by atoms with van der Waals surface area (Å²) in [5.74, 6) is 0.688. The molecule has 2 rings (SSSR count). The van der Waals surface area contributed by atoms with Crippen LogP contribution in [0.3, 0.4) is 0 Å². The van der Waals surface area contributed by atoms with Gasteiger partial charge in [-0.15, -0.1) is 0 Å². The maximum Gasteiger partial charge on any atom is 0.250 e. The summed E-state index contributed by atoms with van der Waals surface area (Å²) in [5.41, 5.74) is 7.46. The first-order valence-corrected chi connectivity index (χ1v) is 5.14. The van der Waals surface area contributed by atoms with Crippen molar-refractivity contribution >= 4 is 5.69 Å². The predicted octanol–water partition coefficient (Wildman–Crippen LogP) is 1.54. The Morgan fingerprint density at radius 2 is 2.21 bits per heavy atom.